The molecule has 2 rings (SSSR count). The lowest BCUT2D eigenvalue weighted by Gasteiger charge is -2.12. The van der Waals surface area contributed by atoms with Crippen molar-refractivity contribution in [2.75, 3.05) is 17.2 Å². The Morgan fingerprint density at radius 2 is 2.30 bits per heavy atom. The van der Waals surface area contributed by atoms with Crippen LogP contribution < -0.4 is 11.1 Å². The van der Waals surface area contributed by atoms with Gasteiger partial charge in [-0.3, -0.25) is 4.79 Å². The van der Waals surface area contributed by atoms with Gasteiger partial charge < -0.3 is 11.1 Å². The number of thiophene rings is 1. The van der Waals surface area contributed by atoms with Crippen molar-refractivity contribution < 1.29 is 4.79 Å². The number of hydrogen-bond donors (Lipinski definition) is 2. The first-order chi connectivity index (χ1) is 9.54. The standard InChI is InChI=1S/C14H17ClN2OS2/c1-3-19-7-8(2)17-14(18)13-12(16)11-9(15)5-4-6-10(11)20-13/h4-6,8H,3,7,16H2,1-2H3,(H,17,18). The summed E-state index contributed by atoms with van der Waals surface area (Å²) in [7, 11) is 0. The number of hydrogen-bond acceptors (Lipinski definition) is 4. The van der Waals surface area contributed by atoms with E-state index in [1.165, 1.54) is 11.3 Å². The second-order valence-corrected chi connectivity index (χ2v) is 7.27. The van der Waals surface area contributed by atoms with Crippen LogP contribution in [0.5, 0.6) is 0 Å². The number of rotatable bonds is 5. The maximum Gasteiger partial charge on any atom is 0.263 e. The molecule has 1 heterocycles. The monoisotopic (exact) mass is 328 g/mol. The Kier molecular flexibility index (Phi) is 5.18. The van der Waals surface area contributed by atoms with E-state index < -0.39 is 0 Å². The molecule has 1 aromatic heterocycles. The van der Waals surface area contributed by atoms with E-state index in [-0.39, 0.29) is 11.9 Å². The van der Waals surface area contributed by atoms with Crippen LogP contribution in [0.2, 0.25) is 5.02 Å². The van der Waals surface area contributed by atoms with Crippen molar-refractivity contribution >= 4 is 56.4 Å². The Hall–Kier alpha value is -0.910. The molecular formula is C14H17ClN2OS2. The molecule has 0 bridgehead atoms. The second-order valence-electron chi connectivity index (χ2n) is 4.49. The maximum absolute atomic E-state index is 12.3. The first-order valence-corrected chi connectivity index (χ1v) is 8.74. The molecule has 0 spiro atoms. The number of anilines is 1. The molecule has 0 aliphatic rings. The van der Waals surface area contributed by atoms with Crippen LogP contribution in [-0.4, -0.2) is 23.5 Å². The average molecular weight is 329 g/mol. The van der Waals surface area contributed by atoms with Crippen molar-refractivity contribution in [1.82, 2.24) is 5.32 Å². The summed E-state index contributed by atoms with van der Waals surface area (Å²) in [6.45, 7) is 4.10. The van der Waals surface area contributed by atoms with Gasteiger partial charge in [-0.15, -0.1) is 11.3 Å². The van der Waals surface area contributed by atoms with Crippen LogP contribution in [0.25, 0.3) is 10.1 Å². The average Bonchev–Trinajstić information content (AvgIpc) is 2.75. The van der Waals surface area contributed by atoms with E-state index in [9.17, 15) is 4.79 Å². The Morgan fingerprint density at radius 1 is 1.55 bits per heavy atom. The highest BCUT2D eigenvalue weighted by molar-refractivity contribution is 7.99. The maximum atomic E-state index is 12.3. The minimum absolute atomic E-state index is 0.118. The molecule has 108 valence electrons. The lowest BCUT2D eigenvalue weighted by molar-refractivity contribution is 0.0948. The predicted octanol–water partition coefficient (Wildman–Crippen LogP) is 4.01. The Labute approximate surface area is 131 Å². The number of fused-ring (bicyclic) bond motifs is 1. The number of nitrogens with two attached hydrogens (primary N) is 1. The van der Waals surface area contributed by atoms with E-state index in [1.807, 2.05) is 19.1 Å². The normalized spacial score (nSPS) is 12.6. The van der Waals surface area contributed by atoms with Gasteiger partial charge in [0.15, 0.2) is 0 Å². The highest BCUT2D eigenvalue weighted by Crippen LogP contribution is 2.37. The number of amides is 1. The van der Waals surface area contributed by atoms with Crippen molar-refractivity contribution in [3.8, 4) is 0 Å². The van der Waals surface area contributed by atoms with Crippen LogP contribution in [0.15, 0.2) is 18.2 Å². The minimum Gasteiger partial charge on any atom is -0.397 e. The molecule has 20 heavy (non-hydrogen) atoms. The van der Waals surface area contributed by atoms with Gasteiger partial charge in [0, 0.05) is 21.9 Å². The van der Waals surface area contributed by atoms with Crippen molar-refractivity contribution in [1.29, 1.82) is 0 Å². The fraction of sp³-hybridized carbons (Fsp3) is 0.357. The van der Waals surface area contributed by atoms with E-state index in [0.717, 1.165) is 21.6 Å². The highest BCUT2D eigenvalue weighted by Gasteiger charge is 2.19. The van der Waals surface area contributed by atoms with E-state index >= 15 is 0 Å². The molecule has 0 fully saturated rings. The van der Waals surface area contributed by atoms with Crippen LogP contribution in [0.4, 0.5) is 5.69 Å². The molecule has 6 heteroatoms. The zero-order valence-corrected chi connectivity index (χ0v) is 13.8. The van der Waals surface area contributed by atoms with E-state index in [2.05, 4.69) is 12.2 Å². The van der Waals surface area contributed by atoms with Gasteiger partial charge in [0.1, 0.15) is 4.88 Å². The number of thioether (sulfide) groups is 1. The summed E-state index contributed by atoms with van der Waals surface area (Å²) in [4.78, 5) is 12.8. The molecule has 0 aliphatic carbocycles. The summed E-state index contributed by atoms with van der Waals surface area (Å²) in [5.74, 6) is 1.82. The fourth-order valence-electron chi connectivity index (χ4n) is 1.92. The molecular weight excluding hydrogens is 312 g/mol. The first kappa shape index (κ1) is 15.5. The summed E-state index contributed by atoms with van der Waals surface area (Å²) in [6, 6.07) is 5.69. The van der Waals surface area contributed by atoms with Gasteiger partial charge >= 0.3 is 0 Å². The number of nitrogens with one attached hydrogen (secondary N) is 1. The molecule has 3 N–H and O–H groups in total. The number of carbonyl (C=O) groups excluding carboxylic acids is 1. The predicted molar refractivity (Wildman–Crippen MR) is 91.2 cm³/mol. The number of halogens is 1. The van der Waals surface area contributed by atoms with E-state index in [1.54, 1.807) is 17.8 Å². The zero-order valence-electron chi connectivity index (χ0n) is 11.4. The van der Waals surface area contributed by atoms with Gasteiger partial charge in [0.05, 0.1) is 10.7 Å². The number of carbonyl (C=O) groups is 1. The smallest absolute Gasteiger partial charge is 0.263 e. The largest absolute Gasteiger partial charge is 0.397 e. The van der Waals surface area contributed by atoms with Gasteiger partial charge in [0.2, 0.25) is 0 Å². The van der Waals surface area contributed by atoms with E-state index in [0.29, 0.717) is 15.6 Å². The molecule has 1 atom stereocenters. The van der Waals surface area contributed by atoms with Gasteiger partial charge in [-0.05, 0) is 24.8 Å². The molecule has 0 saturated carbocycles. The molecule has 1 unspecified atom stereocenters. The topological polar surface area (TPSA) is 55.1 Å². The molecule has 3 nitrogen and oxygen atoms in total. The highest BCUT2D eigenvalue weighted by atomic mass is 35.5. The fourth-order valence-corrected chi connectivity index (χ4v) is 3.98. The molecule has 0 saturated heterocycles. The van der Waals surface area contributed by atoms with Gasteiger partial charge in [0.25, 0.3) is 5.91 Å². The Morgan fingerprint density at radius 3 is 2.95 bits per heavy atom. The van der Waals surface area contributed by atoms with Crippen LogP contribution in [0.1, 0.15) is 23.5 Å². The van der Waals surface area contributed by atoms with Crippen molar-refractivity contribution in [2.24, 2.45) is 0 Å². The van der Waals surface area contributed by atoms with Crippen molar-refractivity contribution in [3.05, 3.63) is 28.1 Å². The van der Waals surface area contributed by atoms with Crippen LogP contribution in [0, 0.1) is 0 Å². The van der Waals surface area contributed by atoms with Crippen LogP contribution >= 0.6 is 34.7 Å². The number of benzene rings is 1. The third-order valence-electron chi connectivity index (χ3n) is 2.86. The lowest BCUT2D eigenvalue weighted by atomic mass is 10.2. The quantitative estimate of drug-likeness (QED) is 0.872. The van der Waals surface area contributed by atoms with Crippen molar-refractivity contribution in [2.45, 2.75) is 19.9 Å². The summed E-state index contributed by atoms with van der Waals surface area (Å²) in [5, 5.41) is 4.35. The minimum atomic E-state index is -0.121. The SMILES string of the molecule is CCSCC(C)NC(=O)c1sc2cccc(Cl)c2c1N. The van der Waals surface area contributed by atoms with Crippen LogP contribution in [-0.2, 0) is 0 Å². The van der Waals surface area contributed by atoms with Crippen molar-refractivity contribution in [3.63, 3.8) is 0 Å². The third-order valence-corrected chi connectivity index (χ3v) is 5.49. The molecule has 1 amide bonds. The molecule has 0 aliphatic heterocycles. The van der Waals surface area contributed by atoms with Gasteiger partial charge in [-0.25, -0.2) is 0 Å². The van der Waals surface area contributed by atoms with Crippen LogP contribution in [0.3, 0.4) is 0 Å². The number of nitrogen functional groups attached to an aromatic ring is 1. The lowest BCUT2D eigenvalue weighted by Crippen LogP contribution is -2.34. The van der Waals surface area contributed by atoms with E-state index in [4.69, 9.17) is 17.3 Å². The third kappa shape index (κ3) is 3.22. The Balaban J connectivity index is 2.22. The molecule has 1 aromatic carbocycles. The Bertz CT molecular complexity index is 627. The van der Waals surface area contributed by atoms with Gasteiger partial charge in [-0.2, -0.15) is 11.8 Å². The summed E-state index contributed by atoms with van der Waals surface area (Å²) in [5.41, 5.74) is 6.55. The molecule has 0 radical (unpaired) electrons. The summed E-state index contributed by atoms with van der Waals surface area (Å²) >= 11 is 9.33. The first-order valence-electron chi connectivity index (χ1n) is 6.39. The zero-order chi connectivity index (χ0) is 14.7. The summed E-state index contributed by atoms with van der Waals surface area (Å²) in [6.07, 6.45) is 0. The summed E-state index contributed by atoms with van der Waals surface area (Å²) < 4.78 is 0.940. The second kappa shape index (κ2) is 6.70. The van der Waals surface area contributed by atoms with Gasteiger partial charge in [-0.1, -0.05) is 24.6 Å². The molecule has 2 aromatic rings.